The van der Waals surface area contributed by atoms with Gasteiger partial charge < -0.3 is 4.90 Å². The average molecular weight is 224 g/mol. The normalized spacial score (nSPS) is 9.47. The number of aromatic nitrogens is 2. The summed E-state index contributed by atoms with van der Waals surface area (Å²) in [6, 6.07) is 10.2. The molecule has 0 saturated carbocycles. The van der Waals surface area contributed by atoms with Gasteiger partial charge in [0.1, 0.15) is 5.82 Å². The molecule has 0 aliphatic rings. The van der Waals surface area contributed by atoms with E-state index in [1.807, 2.05) is 43.4 Å². The van der Waals surface area contributed by atoms with E-state index in [1.54, 1.807) is 0 Å². The molecule has 1 aromatic heterocycles. The Kier molecular flexibility index (Phi) is 3.74. The molecule has 1 N–H and O–H groups in total. The molecule has 1 aromatic carbocycles. The Balaban J connectivity index is 0.00000112. The molecule has 0 amide bonds. The summed E-state index contributed by atoms with van der Waals surface area (Å²) in [7, 11) is 4.00. The maximum Gasteiger partial charge on any atom is 0.131 e. The van der Waals surface area contributed by atoms with Crippen LogP contribution in [0, 0.1) is 0 Å². The van der Waals surface area contributed by atoms with E-state index >= 15 is 0 Å². The maximum absolute atomic E-state index is 4.05. The maximum atomic E-state index is 4.05. The van der Waals surface area contributed by atoms with Crippen molar-refractivity contribution in [2.45, 2.75) is 0 Å². The van der Waals surface area contributed by atoms with E-state index in [-0.39, 0.29) is 12.4 Å². The van der Waals surface area contributed by atoms with Gasteiger partial charge in [0.15, 0.2) is 0 Å². The topological polar surface area (TPSA) is 31.9 Å². The van der Waals surface area contributed by atoms with Gasteiger partial charge in [-0.3, -0.25) is 5.10 Å². The molecule has 0 bridgehead atoms. The molecule has 80 valence electrons. The molecule has 0 aliphatic heterocycles. The van der Waals surface area contributed by atoms with Gasteiger partial charge in [-0.1, -0.05) is 30.3 Å². The van der Waals surface area contributed by atoms with E-state index in [2.05, 4.69) is 22.3 Å². The molecule has 0 atom stereocenters. The molecule has 4 heteroatoms. The van der Waals surface area contributed by atoms with Crippen LogP contribution in [0.15, 0.2) is 36.5 Å². The fourth-order valence-electron chi connectivity index (χ4n) is 1.45. The Morgan fingerprint density at radius 3 is 2.40 bits per heavy atom. The number of aromatic amines is 1. The van der Waals surface area contributed by atoms with Crippen LogP contribution >= 0.6 is 12.4 Å². The average Bonchev–Trinajstić information content (AvgIpc) is 2.67. The molecule has 3 nitrogen and oxygen atoms in total. The van der Waals surface area contributed by atoms with Gasteiger partial charge in [0.05, 0.1) is 6.20 Å². The Morgan fingerprint density at radius 1 is 1.13 bits per heavy atom. The lowest BCUT2D eigenvalue weighted by Gasteiger charge is -2.11. The Bertz CT molecular complexity index is 409. The van der Waals surface area contributed by atoms with E-state index in [0.29, 0.717) is 0 Å². The summed E-state index contributed by atoms with van der Waals surface area (Å²) in [5.74, 6) is 1.04. The molecule has 1 heterocycles. The number of hydrogen-bond acceptors (Lipinski definition) is 2. The van der Waals surface area contributed by atoms with Gasteiger partial charge in [-0.05, 0) is 5.56 Å². The van der Waals surface area contributed by atoms with Gasteiger partial charge in [0, 0.05) is 19.7 Å². The van der Waals surface area contributed by atoms with Crippen LogP contribution in [-0.2, 0) is 0 Å². The van der Waals surface area contributed by atoms with Gasteiger partial charge in [-0.25, -0.2) is 0 Å². The van der Waals surface area contributed by atoms with Crippen molar-refractivity contribution in [2.24, 2.45) is 0 Å². The SMILES string of the molecule is CN(C)c1[nH]ncc1-c1ccccc1.Cl. The Morgan fingerprint density at radius 2 is 1.80 bits per heavy atom. The van der Waals surface area contributed by atoms with Gasteiger partial charge >= 0.3 is 0 Å². The van der Waals surface area contributed by atoms with Crippen molar-refractivity contribution < 1.29 is 0 Å². The zero-order valence-electron chi connectivity index (χ0n) is 8.77. The smallest absolute Gasteiger partial charge is 0.131 e. The van der Waals surface area contributed by atoms with Crippen molar-refractivity contribution in [1.82, 2.24) is 10.2 Å². The first kappa shape index (κ1) is 11.6. The van der Waals surface area contributed by atoms with Crippen molar-refractivity contribution in [3.8, 4) is 11.1 Å². The number of benzene rings is 1. The van der Waals surface area contributed by atoms with Crippen molar-refractivity contribution in [1.29, 1.82) is 0 Å². The summed E-state index contributed by atoms with van der Waals surface area (Å²) < 4.78 is 0. The zero-order valence-corrected chi connectivity index (χ0v) is 9.58. The number of hydrogen-bond donors (Lipinski definition) is 1. The number of H-pyrrole nitrogens is 1. The van der Waals surface area contributed by atoms with E-state index in [0.717, 1.165) is 11.4 Å². The Labute approximate surface area is 95.5 Å². The summed E-state index contributed by atoms with van der Waals surface area (Å²) in [5.41, 5.74) is 2.32. The minimum absolute atomic E-state index is 0. The molecule has 0 spiro atoms. The third-order valence-electron chi connectivity index (χ3n) is 2.15. The summed E-state index contributed by atoms with van der Waals surface area (Å²) in [6.45, 7) is 0. The zero-order chi connectivity index (χ0) is 9.97. The lowest BCUT2D eigenvalue weighted by atomic mass is 10.1. The first-order chi connectivity index (χ1) is 6.79. The molecule has 0 radical (unpaired) electrons. The van der Waals surface area contributed by atoms with Gasteiger partial charge in [-0.15, -0.1) is 12.4 Å². The monoisotopic (exact) mass is 223 g/mol. The minimum Gasteiger partial charge on any atom is -0.363 e. The highest BCUT2D eigenvalue weighted by molar-refractivity contribution is 5.85. The summed E-state index contributed by atoms with van der Waals surface area (Å²) in [6.07, 6.45) is 1.85. The number of nitrogens with zero attached hydrogens (tertiary/aromatic N) is 2. The van der Waals surface area contributed by atoms with E-state index in [9.17, 15) is 0 Å². The van der Waals surface area contributed by atoms with E-state index in [1.165, 1.54) is 5.56 Å². The third-order valence-corrected chi connectivity index (χ3v) is 2.15. The predicted molar refractivity (Wildman–Crippen MR) is 65.6 cm³/mol. The Hall–Kier alpha value is -1.48. The van der Waals surface area contributed by atoms with Crippen LogP contribution in [0.4, 0.5) is 5.82 Å². The molecule has 0 unspecified atom stereocenters. The lowest BCUT2D eigenvalue weighted by molar-refractivity contribution is 1.01. The molecule has 0 saturated heterocycles. The highest BCUT2D eigenvalue weighted by atomic mass is 35.5. The number of anilines is 1. The predicted octanol–water partition coefficient (Wildman–Crippen LogP) is 2.56. The van der Waals surface area contributed by atoms with Crippen LogP contribution in [0.3, 0.4) is 0 Å². The van der Waals surface area contributed by atoms with Gasteiger partial charge in [0.25, 0.3) is 0 Å². The van der Waals surface area contributed by atoms with E-state index < -0.39 is 0 Å². The van der Waals surface area contributed by atoms with Crippen LogP contribution < -0.4 is 4.90 Å². The summed E-state index contributed by atoms with van der Waals surface area (Å²) >= 11 is 0. The van der Waals surface area contributed by atoms with Crippen LogP contribution in [0.5, 0.6) is 0 Å². The first-order valence-corrected chi connectivity index (χ1v) is 4.55. The fraction of sp³-hybridized carbons (Fsp3) is 0.182. The second-order valence-electron chi connectivity index (χ2n) is 3.39. The summed E-state index contributed by atoms with van der Waals surface area (Å²) in [4.78, 5) is 2.02. The van der Waals surface area contributed by atoms with E-state index in [4.69, 9.17) is 0 Å². The van der Waals surface area contributed by atoms with Crippen LogP contribution in [0.2, 0.25) is 0 Å². The van der Waals surface area contributed by atoms with Gasteiger partial charge in [0.2, 0.25) is 0 Å². The van der Waals surface area contributed by atoms with Crippen molar-refractivity contribution >= 4 is 18.2 Å². The second kappa shape index (κ2) is 4.84. The molecule has 2 rings (SSSR count). The molecule has 2 aromatic rings. The number of rotatable bonds is 2. The molecule has 0 aliphatic carbocycles. The summed E-state index contributed by atoms with van der Waals surface area (Å²) in [5, 5.41) is 7.03. The standard InChI is InChI=1S/C11H13N3.ClH/c1-14(2)11-10(8-12-13-11)9-6-4-3-5-7-9;/h3-8H,1-2H3,(H,12,13);1H. The molecular weight excluding hydrogens is 210 g/mol. The van der Waals surface area contributed by atoms with Crippen LogP contribution in [0.1, 0.15) is 0 Å². The molecule has 15 heavy (non-hydrogen) atoms. The number of nitrogens with one attached hydrogen (secondary N) is 1. The second-order valence-corrected chi connectivity index (χ2v) is 3.39. The largest absolute Gasteiger partial charge is 0.363 e. The first-order valence-electron chi connectivity index (χ1n) is 4.55. The lowest BCUT2D eigenvalue weighted by Crippen LogP contribution is -2.10. The molecule has 0 fully saturated rings. The van der Waals surface area contributed by atoms with Gasteiger partial charge in [-0.2, -0.15) is 5.10 Å². The highest BCUT2D eigenvalue weighted by Crippen LogP contribution is 2.26. The quantitative estimate of drug-likeness (QED) is 0.849. The van der Waals surface area contributed by atoms with Crippen molar-refractivity contribution in [3.05, 3.63) is 36.5 Å². The van der Waals surface area contributed by atoms with Crippen LogP contribution in [-0.4, -0.2) is 24.3 Å². The van der Waals surface area contributed by atoms with Crippen LogP contribution in [0.25, 0.3) is 11.1 Å². The number of halogens is 1. The minimum atomic E-state index is 0. The fourth-order valence-corrected chi connectivity index (χ4v) is 1.45. The van der Waals surface area contributed by atoms with Crippen molar-refractivity contribution in [2.75, 3.05) is 19.0 Å². The third kappa shape index (κ3) is 2.30. The van der Waals surface area contributed by atoms with Crippen molar-refractivity contribution in [3.63, 3.8) is 0 Å². The highest BCUT2D eigenvalue weighted by Gasteiger charge is 2.07. The molecular formula is C11H14ClN3.